The van der Waals surface area contributed by atoms with E-state index in [1.54, 1.807) is 24.5 Å². The third-order valence-corrected chi connectivity index (χ3v) is 5.26. The number of imidazole rings is 1. The van der Waals surface area contributed by atoms with Crippen LogP contribution in [0.1, 0.15) is 17.4 Å². The standard InChI is InChI=1S/C23H19BrFN3O2/c1-28-11-10-26-23(28)22(15-3-7-19(25)8-4-15)27-21(29)14-30-20-9-5-16-12-18(24)6-2-17(16)13-20/h2-13,22H,14H2,1H3,(H,27,29). The Morgan fingerprint density at radius 3 is 2.60 bits per heavy atom. The second-order valence-corrected chi connectivity index (χ2v) is 7.81. The lowest BCUT2D eigenvalue weighted by Gasteiger charge is -2.19. The molecular formula is C23H19BrFN3O2. The van der Waals surface area contributed by atoms with Crippen molar-refractivity contribution in [3.63, 3.8) is 0 Å². The van der Waals surface area contributed by atoms with Gasteiger partial charge in [0.05, 0.1) is 0 Å². The van der Waals surface area contributed by atoms with E-state index in [2.05, 4.69) is 26.2 Å². The molecule has 1 N–H and O–H groups in total. The summed E-state index contributed by atoms with van der Waals surface area (Å²) in [5, 5.41) is 5.03. The van der Waals surface area contributed by atoms with Gasteiger partial charge in [-0.3, -0.25) is 4.79 Å². The summed E-state index contributed by atoms with van der Waals surface area (Å²) in [6.45, 7) is -0.149. The van der Waals surface area contributed by atoms with Crippen molar-refractivity contribution in [3.8, 4) is 5.75 Å². The first-order chi connectivity index (χ1) is 14.5. The van der Waals surface area contributed by atoms with Gasteiger partial charge < -0.3 is 14.6 Å². The second-order valence-electron chi connectivity index (χ2n) is 6.89. The van der Waals surface area contributed by atoms with Gasteiger partial charge >= 0.3 is 0 Å². The molecular weight excluding hydrogens is 449 g/mol. The molecule has 0 spiro atoms. The fourth-order valence-corrected chi connectivity index (χ4v) is 3.62. The van der Waals surface area contributed by atoms with Crippen LogP contribution < -0.4 is 10.1 Å². The molecule has 152 valence electrons. The molecule has 1 aromatic heterocycles. The van der Waals surface area contributed by atoms with Crippen molar-refractivity contribution in [2.24, 2.45) is 7.05 Å². The summed E-state index contributed by atoms with van der Waals surface area (Å²) >= 11 is 3.46. The maximum Gasteiger partial charge on any atom is 0.258 e. The zero-order valence-corrected chi connectivity index (χ0v) is 17.8. The minimum Gasteiger partial charge on any atom is -0.484 e. The fraction of sp³-hybridized carbons (Fsp3) is 0.130. The predicted molar refractivity (Wildman–Crippen MR) is 117 cm³/mol. The summed E-state index contributed by atoms with van der Waals surface area (Å²) < 4.78 is 21.9. The van der Waals surface area contributed by atoms with Gasteiger partial charge in [-0.2, -0.15) is 0 Å². The molecule has 1 heterocycles. The van der Waals surface area contributed by atoms with Crippen molar-refractivity contribution < 1.29 is 13.9 Å². The van der Waals surface area contributed by atoms with E-state index in [1.807, 2.05) is 48.0 Å². The van der Waals surface area contributed by atoms with Crippen LogP contribution in [0.3, 0.4) is 0 Å². The van der Waals surface area contributed by atoms with Gasteiger partial charge in [0.1, 0.15) is 23.4 Å². The number of carbonyl (C=O) groups is 1. The zero-order chi connectivity index (χ0) is 21.1. The highest BCUT2D eigenvalue weighted by molar-refractivity contribution is 9.10. The number of fused-ring (bicyclic) bond motifs is 1. The summed E-state index contributed by atoms with van der Waals surface area (Å²) in [6, 6.07) is 17.1. The molecule has 0 saturated carbocycles. The number of nitrogens with zero attached hydrogens (tertiary/aromatic N) is 2. The van der Waals surface area contributed by atoms with Crippen LogP contribution in [-0.2, 0) is 11.8 Å². The number of amides is 1. The van der Waals surface area contributed by atoms with E-state index >= 15 is 0 Å². The van der Waals surface area contributed by atoms with Crippen LogP contribution in [0.25, 0.3) is 10.8 Å². The number of halogens is 2. The predicted octanol–water partition coefficient (Wildman–Crippen LogP) is 4.76. The smallest absolute Gasteiger partial charge is 0.258 e. The molecule has 0 fully saturated rings. The van der Waals surface area contributed by atoms with E-state index in [0.717, 1.165) is 20.8 Å². The number of rotatable bonds is 6. The average molecular weight is 468 g/mol. The Balaban J connectivity index is 1.48. The molecule has 1 atom stereocenters. The quantitative estimate of drug-likeness (QED) is 0.444. The summed E-state index contributed by atoms with van der Waals surface area (Å²) in [5.74, 6) is 0.611. The molecule has 3 aromatic carbocycles. The van der Waals surface area contributed by atoms with Crippen LogP contribution in [0.4, 0.5) is 4.39 Å². The zero-order valence-electron chi connectivity index (χ0n) is 16.2. The van der Waals surface area contributed by atoms with Crippen LogP contribution in [0.2, 0.25) is 0 Å². The normalized spacial score (nSPS) is 12.0. The van der Waals surface area contributed by atoms with E-state index in [4.69, 9.17) is 4.74 Å². The number of hydrogen-bond donors (Lipinski definition) is 1. The highest BCUT2D eigenvalue weighted by Crippen LogP contribution is 2.24. The molecule has 0 radical (unpaired) electrons. The number of benzene rings is 3. The van der Waals surface area contributed by atoms with Crippen LogP contribution in [0, 0.1) is 5.82 Å². The summed E-state index contributed by atoms with van der Waals surface area (Å²) in [5.41, 5.74) is 0.732. The molecule has 30 heavy (non-hydrogen) atoms. The van der Waals surface area contributed by atoms with Crippen LogP contribution in [-0.4, -0.2) is 22.1 Å². The van der Waals surface area contributed by atoms with Crippen molar-refractivity contribution in [1.29, 1.82) is 0 Å². The van der Waals surface area contributed by atoms with Crippen molar-refractivity contribution in [1.82, 2.24) is 14.9 Å². The van der Waals surface area contributed by atoms with Crippen molar-refractivity contribution >= 4 is 32.6 Å². The van der Waals surface area contributed by atoms with Gasteiger partial charge in [0, 0.05) is 23.9 Å². The molecule has 0 saturated heterocycles. The minimum absolute atomic E-state index is 0.149. The SMILES string of the molecule is Cn1ccnc1C(NC(=O)COc1ccc2cc(Br)ccc2c1)c1ccc(F)cc1. The molecule has 0 aliphatic carbocycles. The van der Waals surface area contributed by atoms with E-state index in [-0.39, 0.29) is 18.3 Å². The molecule has 5 nitrogen and oxygen atoms in total. The molecule has 0 aliphatic heterocycles. The Hall–Kier alpha value is -3.19. The average Bonchev–Trinajstić information content (AvgIpc) is 3.17. The Morgan fingerprint density at radius 2 is 1.87 bits per heavy atom. The third kappa shape index (κ3) is 4.52. The topological polar surface area (TPSA) is 56.2 Å². The summed E-state index contributed by atoms with van der Waals surface area (Å²) in [7, 11) is 1.84. The Kier molecular flexibility index (Phi) is 5.81. The van der Waals surface area contributed by atoms with Gasteiger partial charge in [-0.25, -0.2) is 9.37 Å². The second kappa shape index (κ2) is 8.67. The maximum atomic E-state index is 13.3. The fourth-order valence-electron chi connectivity index (χ4n) is 3.24. The Labute approximate surface area is 181 Å². The number of aromatic nitrogens is 2. The molecule has 1 unspecified atom stereocenters. The molecule has 0 aliphatic rings. The first-order valence-electron chi connectivity index (χ1n) is 9.34. The summed E-state index contributed by atoms with van der Waals surface area (Å²) in [6.07, 6.45) is 3.45. The first-order valence-corrected chi connectivity index (χ1v) is 10.1. The van der Waals surface area contributed by atoms with Crippen LogP contribution >= 0.6 is 15.9 Å². The first kappa shape index (κ1) is 20.1. The van der Waals surface area contributed by atoms with E-state index < -0.39 is 6.04 Å². The van der Waals surface area contributed by atoms with Crippen LogP contribution in [0.5, 0.6) is 5.75 Å². The highest BCUT2D eigenvalue weighted by atomic mass is 79.9. The molecule has 0 bridgehead atoms. The van der Waals surface area contributed by atoms with E-state index in [0.29, 0.717) is 11.6 Å². The molecule has 7 heteroatoms. The number of aryl methyl sites for hydroxylation is 1. The third-order valence-electron chi connectivity index (χ3n) is 4.77. The van der Waals surface area contributed by atoms with Crippen molar-refractivity contribution in [2.45, 2.75) is 6.04 Å². The Morgan fingerprint density at radius 1 is 1.13 bits per heavy atom. The van der Waals surface area contributed by atoms with Gasteiger partial charge in [0.2, 0.25) is 0 Å². The monoisotopic (exact) mass is 467 g/mol. The highest BCUT2D eigenvalue weighted by Gasteiger charge is 2.21. The number of ether oxygens (including phenoxy) is 1. The lowest BCUT2D eigenvalue weighted by molar-refractivity contribution is -0.123. The molecule has 1 amide bonds. The number of carbonyl (C=O) groups excluding carboxylic acids is 1. The molecule has 4 aromatic rings. The Bertz CT molecular complexity index is 1190. The lowest BCUT2D eigenvalue weighted by Crippen LogP contribution is -2.34. The van der Waals surface area contributed by atoms with Crippen molar-refractivity contribution in [3.05, 3.63) is 94.7 Å². The van der Waals surface area contributed by atoms with Gasteiger partial charge in [0.15, 0.2) is 6.61 Å². The lowest BCUT2D eigenvalue weighted by atomic mass is 10.1. The molecule has 4 rings (SSSR count). The maximum absolute atomic E-state index is 13.3. The van der Waals surface area contributed by atoms with Gasteiger partial charge in [-0.1, -0.05) is 40.2 Å². The van der Waals surface area contributed by atoms with E-state index in [9.17, 15) is 9.18 Å². The largest absolute Gasteiger partial charge is 0.484 e. The minimum atomic E-state index is -0.518. The summed E-state index contributed by atoms with van der Waals surface area (Å²) in [4.78, 5) is 17.0. The number of hydrogen-bond acceptors (Lipinski definition) is 3. The van der Waals surface area contributed by atoms with Gasteiger partial charge in [0.25, 0.3) is 5.91 Å². The van der Waals surface area contributed by atoms with Crippen molar-refractivity contribution in [2.75, 3.05) is 6.61 Å². The van der Waals surface area contributed by atoms with Gasteiger partial charge in [-0.15, -0.1) is 0 Å². The van der Waals surface area contributed by atoms with Crippen LogP contribution in [0.15, 0.2) is 77.5 Å². The van der Waals surface area contributed by atoms with Gasteiger partial charge in [-0.05, 0) is 52.7 Å². The number of nitrogens with one attached hydrogen (secondary N) is 1. The van der Waals surface area contributed by atoms with E-state index in [1.165, 1.54) is 12.1 Å².